The molecule has 0 atom stereocenters. The normalized spacial score (nSPS) is 17.7. The van der Waals surface area contributed by atoms with Crippen LogP contribution in [0.3, 0.4) is 0 Å². The maximum atomic E-state index is 15.4. The van der Waals surface area contributed by atoms with Gasteiger partial charge in [-0.2, -0.15) is 51.6 Å². The molecule has 0 amide bonds. The molecular weight excluding hydrogens is 591 g/mol. The van der Waals surface area contributed by atoms with E-state index in [4.69, 9.17) is 0 Å². The van der Waals surface area contributed by atoms with Crippen LogP contribution in [-0.2, 0) is 11.5 Å². The van der Waals surface area contributed by atoms with Crippen molar-refractivity contribution in [3.63, 3.8) is 0 Å². The summed E-state index contributed by atoms with van der Waals surface area (Å²) in [7, 11) is 0. The van der Waals surface area contributed by atoms with Crippen LogP contribution in [0.1, 0.15) is 32.0 Å². The smallest absolute Gasteiger partial charge is 0.194 e. The van der Waals surface area contributed by atoms with Crippen molar-refractivity contribution in [2.75, 3.05) is 0 Å². The highest BCUT2D eigenvalue weighted by Gasteiger charge is 2.80. The molecule has 2 aromatic carbocycles. The number of hydrogen-bond acceptors (Lipinski definition) is 4. The summed E-state index contributed by atoms with van der Waals surface area (Å²) < 4.78 is 91.6. The van der Waals surface area contributed by atoms with Gasteiger partial charge in [0.1, 0.15) is 0 Å². The van der Waals surface area contributed by atoms with Gasteiger partial charge in [0.05, 0.1) is 0 Å². The summed E-state index contributed by atoms with van der Waals surface area (Å²) in [4.78, 5) is 1.53. The first kappa shape index (κ1) is 28.4. The molecular formula is C29H22F6S4. The number of rotatable bonds is 6. The molecule has 10 heteroatoms. The van der Waals surface area contributed by atoms with Gasteiger partial charge >= 0.3 is 17.8 Å². The monoisotopic (exact) mass is 612 g/mol. The Bertz CT molecular complexity index is 1440. The Labute approximate surface area is 241 Å². The summed E-state index contributed by atoms with van der Waals surface area (Å²) in [5.74, 6) is -14.8. The minimum absolute atomic E-state index is 0.249. The van der Waals surface area contributed by atoms with Crippen molar-refractivity contribution in [3.05, 3.63) is 92.7 Å². The summed E-state index contributed by atoms with van der Waals surface area (Å²) in [5.41, 5.74) is -0.0195. The van der Waals surface area contributed by atoms with Crippen LogP contribution in [0.5, 0.6) is 0 Å². The van der Waals surface area contributed by atoms with Gasteiger partial charge in [0, 0.05) is 42.2 Å². The van der Waals surface area contributed by atoms with Gasteiger partial charge in [0.2, 0.25) is 0 Å². The minimum Gasteiger partial charge on any atom is -0.194 e. The fourth-order valence-corrected chi connectivity index (χ4v) is 7.21. The van der Waals surface area contributed by atoms with E-state index in [9.17, 15) is 8.78 Å². The van der Waals surface area contributed by atoms with Gasteiger partial charge in [-0.3, -0.25) is 0 Å². The van der Waals surface area contributed by atoms with Crippen LogP contribution in [0.4, 0.5) is 26.3 Å². The molecule has 0 bridgehead atoms. The third-order valence-corrected chi connectivity index (χ3v) is 9.81. The van der Waals surface area contributed by atoms with E-state index in [1.807, 2.05) is 24.3 Å². The van der Waals surface area contributed by atoms with Gasteiger partial charge in [-0.25, -0.2) is 0 Å². The highest BCUT2D eigenvalue weighted by molar-refractivity contribution is 7.79. The lowest BCUT2D eigenvalue weighted by molar-refractivity contribution is -0.254. The highest BCUT2D eigenvalue weighted by atomic mass is 32.1. The lowest BCUT2D eigenvalue weighted by atomic mass is 9.94. The molecule has 0 fully saturated rings. The van der Waals surface area contributed by atoms with Crippen molar-refractivity contribution in [2.45, 2.75) is 43.1 Å². The Balaban J connectivity index is 1.72. The number of benzene rings is 2. The van der Waals surface area contributed by atoms with Gasteiger partial charge in [-0.1, -0.05) is 48.5 Å². The number of thiophene rings is 2. The molecule has 2 heterocycles. The molecule has 0 spiro atoms. The molecule has 204 valence electrons. The van der Waals surface area contributed by atoms with Crippen molar-refractivity contribution >= 4 is 59.1 Å². The SMILES string of the molecule is Cc1sc(-c2ccc(CS)cc2)cc1C1=C(c2cc(-c3ccc(CS)cc3)sc2C)C(F)(F)C(F)(F)C1(F)F. The van der Waals surface area contributed by atoms with Crippen molar-refractivity contribution in [2.24, 2.45) is 0 Å². The Morgan fingerprint density at radius 3 is 1.23 bits per heavy atom. The molecule has 2 aromatic heterocycles. The van der Waals surface area contributed by atoms with Gasteiger partial charge in [-0.15, -0.1) is 22.7 Å². The van der Waals surface area contributed by atoms with Crippen molar-refractivity contribution < 1.29 is 26.3 Å². The largest absolute Gasteiger partial charge is 0.380 e. The topological polar surface area (TPSA) is 0 Å². The predicted octanol–water partition coefficient (Wildman–Crippen LogP) is 10.5. The second kappa shape index (κ2) is 10.0. The summed E-state index contributed by atoms with van der Waals surface area (Å²) in [6, 6.07) is 16.9. The predicted molar refractivity (Wildman–Crippen MR) is 156 cm³/mol. The summed E-state index contributed by atoms with van der Waals surface area (Å²) in [6.07, 6.45) is 0. The molecule has 5 rings (SSSR count). The van der Waals surface area contributed by atoms with Crippen molar-refractivity contribution in [1.29, 1.82) is 0 Å². The molecule has 1 aliphatic rings. The molecule has 0 radical (unpaired) electrons. The van der Waals surface area contributed by atoms with E-state index >= 15 is 17.6 Å². The molecule has 0 N–H and O–H groups in total. The minimum atomic E-state index is -5.60. The van der Waals surface area contributed by atoms with Crippen molar-refractivity contribution in [3.8, 4) is 20.9 Å². The number of alkyl halides is 6. The fraction of sp³-hybridized carbons (Fsp3) is 0.241. The summed E-state index contributed by atoms with van der Waals surface area (Å²) >= 11 is 10.6. The summed E-state index contributed by atoms with van der Waals surface area (Å²) in [5, 5.41) is 0. The highest BCUT2D eigenvalue weighted by Crippen LogP contribution is 2.66. The van der Waals surface area contributed by atoms with E-state index in [0.717, 1.165) is 33.8 Å². The van der Waals surface area contributed by atoms with Gasteiger partial charge < -0.3 is 0 Å². The first-order chi connectivity index (χ1) is 18.3. The number of thiol groups is 2. The molecule has 1 aliphatic carbocycles. The van der Waals surface area contributed by atoms with Crippen LogP contribution in [0.2, 0.25) is 0 Å². The first-order valence-electron chi connectivity index (χ1n) is 11.8. The van der Waals surface area contributed by atoms with Crippen LogP contribution < -0.4 is 0 Å². The molecule has 0 nitrogen and oxygen atoms in total. The third-order valence-electron chi connectivity index (χ3n) is 6.88. The van der Waals surface area contributed by atoms with Crippen LogP contribution in [0.15, 0.2) is 60.7 Å². The zero-order valence-electron chi connectivity index (χ0n) is 20.7. The Morgan fingerprint density at radius 2 is 0.923 bits per heavy atom. The first-order valence-corrected chi connectivity index (χ1v) is 14.7. The molecule has 39 heavy (non-hydrogen) atoms. The van der Waals surface area contributed by atoms with Crippen molar-refractivity contribution in [1.82, 2.24) is 0 Å². The molecule has 0 saturated carbocycles. The van der Waals surface area contributed by atoms with Crippen LogP contribution in [-0.4, -0.2) is 17.8 Å². The van der Waals surface area contributed by atoms with E-state index < -0.39 is 28.9 Å². The maximum Gasteiger partial charge on any atom is 0.380 e. The van der Waals surface area contributed by atoms with Gasteiger partial charge in [0.25, 0.3) is 0 Å². The number of halogens is 6. The quantitative estimate of drug-likeness (QED) is 0.157. The maximum absolute atomic E-state index is 15.4. The van der Waals surface area contributed by atoms with E-state index in [0.29, 0.717) is 32.4 Å². The van der Waals surface area contributed by atoms with E-state index in [-0.39, 0.29) is 20.9 Å². The summed E-state index contributed by atoms with van der Waals surface area (Å²) in [6.45, 7) is 2.96. The average molecular weight is 613 g/mol. The number of allylic oxidation sites excluding steroid dienone is 2. The lowest BCUT2D eigenvalue weighted by Gasteiger charge is -2.25. The van der Waals surface area contributed by atoms with E-state index in [1.165, 1.54) is 26.0 Å². The second-order valence-electron chi connectivity index (χ2n) is 9.34. The lowest BCUT2D eigenvalue weighted by Crippen LogP contribution is -2.48. The van der Waals surface area contributed by atoms with Gasteiger partial charge in [-0.05, 0) is 59.4 Å². The Morgan fingerprint density at radius 1 is 0.590 bits per heavy atom. The zero-order valence-corrected chi connectivity index (χ0v) is 24.1. The van der Waals surface area contributed by atoms with Crippen LogP contribution in [0.25, 0.3) is 32.0 Å². The second-order valence-corrected chi connectivity index (χ2v) is 12.5. The van der Waals surface area contributed by atoms with Gasteiger partial charge in [0.15, 0.2) is 0 Å². The Kier molecular flexibility index (Phi) is 7.31. The molecule has 0 aliphatic heterocycles. The van der Waals surface area contributed by atoms with Crippen LogP contribution in [0, 0.1) is 13.8 Å². The standard InChI is InChI=1S/C29H22F6S4/c1-15-21(11-23(38-15)19-7-3-17(13-36)4-8-19)25-26(28(32,33)29(34,35)27(25,30)31)22-12-24(39-16(22)2)20-9-5-18(14-37)6-10-20/h3-12,36-37H,13-14H2,1-2H3. The Hall–Kier alpha value is -2.14. The molecule has 0 unspecified atom stereocenters. The number of hydrogen-bond donors (Lipinski definition) is 2. The third kappa shape index (κ3) is 4.47. The van der Waals surface area contributed by atoms with E-state index in [2.05, 4.69) is 25.3 Å². The number of aryl methyl sites for hydroxylation is 2. The van der Waals surface area contributed by atoms with E-state index in [1.54, 1.807) is 24.3 Å². The average Bonchev–Trinajstić information content (AvgIpc) is 3.51. The molecule has 4 aromatic rings. The van der Waals surface area contributed by atoms with Crippen LogP contribution >= 0.6 is 47.9 Å². The molecule has 0 saturated heterocycles. The zero-order chi connectivity index (χ0) is 28.3. The fourth-order valence-electron chi connectivity index (χ4n) is 4.73.